The van der Waals surface area contributed by atoms with Gasteiger partial charge in [0.25, 0.3) is 0 Å². The van der Waals surface area contributed by atoms with E-state index >= 15 is 0 Å². The van der Waals surface area contributed by atoms with Gasteiger partial charge >= 0.3 is 5.97 Å². The number of carbonyl (C=O) groups excluding carboxylic acids is 1. The van der Waals surface area contributed by atoms with Crippen molar-refractivity contribution in [2.75, 3.05) is 33.3 Å². The molecule has 10 heteroatoms. The van der Waals surface area contributed by atoms with Gasteiger partial charge in [-0.15, -0.1) is 11.3 Å². The molecule has 0 aromatic carbocycles. The number of piperazine rings is 1. The van der Waals surface area contributed by atoms with Crippen LogP contribution in [0, 0.1) is 0 Å². The molecule has 0 atom stereocenters. The van der Waals surface area contributed by atoms with E-state index in [1.807, 2.05) is 35.0 Å². The van der Waals surface area contributed by atoms with Crippen LogP contribution in [0.5, 0.6) is 0 Å². The molecule has 0 radical (unpaired) electrons. The van der Waals surface area contributed by atoms with Crippen LogP contribution < -0.4 is 0 Å². The Morgan fingerprint density at radius 3 is 2.71 bits per heavy atom. The second kappa shape index (κ2) is 7.63. The summed E-state index contributed by atoms with van der Waals surface area (Å²) in [4.78, 5) is 18.8. The number of methoxy groups -OCH3 is 1. The average Bonchev–Trinajstić information content (AvgIpc) is 3.34. The van der Waals surface area contributed by atoms with E-state index in [4.69, 9.17) is 4.74 Å². The van der Waals surface area contributed by atoms with Crippen LogP contribution in [-0.4, -0.2) is 66.3 Å². The maximum atomic E-state index is 13.0. The molecule has 8 nitrogen and oxygen atoms in total. The molecule has 3 aromatic rings. The predicted molar refractivity (Wildman–Crippen MR) is 105 cm³/mol. The molecule has 0 amide bonds. The molecule has 0 spiro atoms. The fourth-order valence-electron chi connectivity index (χ4n) is 3.30. The molecule has 1 saturated heterocycles. The van der Waals surface area contributed by atoms with Gasteiger partial charge in [-0.2, -0.15) is 4.31 Å². The zero-order valence-corrected chi connectivity index (χ0v) is 16.9. The van der Waals surface area contributed by atoms with Gasteiger partial charge in [0, 0.05) is 45.1 Å². The number of aromatic nitrogens is 2. The molecule has 0 unspecified atom stereocenters. The van der Waals surface area contributed by atoms with Crippen molar-refractivity contribution in [3.8, 4) is 0 Å². The number of hydrogen-bond donors (Lipinski definition) is 0. The Labute approximate surface area is 167 Å². The molecule has 4 rings (SSSR count). The minimum atomic E-state index is -3.72. The maximum Gasteiger partial charge on any atom is 0.349 e. The van der Waals surface area contributed by atoms with E-state index in [1.165, 1.54) is 17.5 Å². The quantitative estimate of drug-likeness (QED) is 0.584. The average molecular weight is 421 g/mol. The lowest BCUT2D eigenvalue weighted by molar-refractivity contribution is 0.0602. The monoisotopic (exact) mass is 420 g/mol. The van der Waals surface area contributed by atoms with E-state index in [0.717, 1.165) is 22.7 Å². The van der Waals surface area contributed by atoms with Gasteiger partial charge in [-0.25, -0.2) is 18.2 Å². The normalized spacial score (nSPS) is 16.5. The van der Waals surface area contributed by atoms with Crippen molar-refractivity contribution in [2.45, 2.75) is 11.4 Å². The first-order valence-corrected chi connectivity index (χ1v) is 11.1. The number of hydrogen-bond acceptors (Lipinski definition) is 7. The highest BCUT2D eigenvalue weighted by Crippen LogP contribution is 2.26. The van der Waals surface area contributed by atoms with Gasteiger partial charge in [0.2, 0.25) is 10.0 Å². The number of fused-ring (bicyclic) bond motifs is 1. The Bertz CT molecular complexity index is 1060. The van der Waals surface area contributed by atoms with Gasteiger partial charge in [-0.1, -0.05) is 6.07 Å². The Hall–Kier alpha value is -2.27. The Morgan fingerprint density at radius 2 is 2.00 bits per heavy atom. The number of pyridine rings is 1. The standard InChI is InChI=1S/C18H20N4O4S2/c1-26-18(23)17-15(5-11-27-17)28(24,25)22-9-7-20(8-10-22)12-14-13-21-6-3-2-4-16(21)19-14/h2-6,11,13H,7-10,12H2,1H3. The largest absolute Gasteiger partial charge is 0.465 e. The van der Waals surface area contributed by atoms with Crippen molar-refractivity contribution >= 4 is 33.0 Å². The van der Waals surface area contributed by atoms with Crippen LogP contribution in [0.2, 0.25) is 0 Å². The molecule has 0 N–H and O–H groups in total. The highest BCUT2D eigenvalue weighted by molar-refractivity contribution is 7.89. The van der Waals surface area contributed by atoms with Crippen molar-refractivity contribution in [2.24, 2.45) is 0 Å². The summed E-state index contributed by atoms with van der Waals surface area (Å²) in [5, 5.41) is 1.60. The molecule has 0 bridgehead atoms. The summed E-state index contributed by atoms with van der Waals surface area (Å²) < 4.78 is 34.0. The second-order valence-corrected chi connectivity index (χ2v) is 9.31. The van der Waals surface area contributed by atoms with E-state index in [2.05, 4.69) is 9.88 Å². The molecular weight excluding hydrogens is 400 g/mol. The van der Waals surface area contributed by atoms with Crippen LogP contribution in [-0.2, 0) is 21.3 Å². The lowest BCUT2D eigenvalue weighted by Crippen LogP contribution is -2.48. The lowest BCUT2D eigenvalue weighted by atomic mass is 10.3. The molecule has 4 heterocycles. The van der Waals surface area contributed by atoms with Crippen molar-refractivity contribution in [1.82, 2.24) is 18.6 Å². The highest BCUT2D eigenvalue weighted by atomic mass is 32.2. The second-order valence-electron chi connectivity index (χ2n) is 6.48. The third kappa shape index (κ3) is 3.55. The van der Waals surface area contributed by atoms with Crippen LogP contribution in [0.25, 0.3) is 5.65 Å². The van der Waals surface area contributed by atoms with Gasteiger partial charge in [0.15, 0.2) is 0 Å². The van der Waals surface area contributed by atoms with Crippen LogP contribution in [0.3, 0.4) is 0 Å². The lowest BCUT2D eigenvalue weighted by Gasteiger charge is -2.33. The van der Waals surface area contributed by atoms with Gasteiger partial charge in [0.1, 0.15) is 15.4 Å². The molecule has 0 aliphatic carbocycles. The molecule has 1 aliphatic heterocycles. The number of nitrogens with zero attached hydrogens (tertiary/aromatic N) is 4. The fourth-order valence-corrected chi connectivity index (χ4v) is 6.03. The summed E-state index contributed by atoms with van der Waals surface area (Å²) in [5.74, 6) is -0.626. The summed E-state index contributed by atoms with van der Waals surface area (Å²) >= 11 is 1.08. The van der Waals surface area contributed by atoms with Crippen LogP contribution >= 0.6 is 11.3 Å². The first kappa shape index (κ1) is 19.1. The highest BCUT2D eigenvalue weighted by Gasteiger charge is 2.32. The van der Waals surface area contributed by atoms with Crippen LogP contribution in [0.15, 0.2) is 46.9 Å². The van der Waals surface area contributed by atoms with Crippen molar-refractivity contribution in [3.63, 3.8) is 0 Å². The number of rotatable bonds is 5. The number of imidazole rings is 1. The van der Waals surface area contributed by atoms with E-state index in [1.54, 1.807) is 5.38 Å². The summed E-state index contributed by atoms with van der Waals surface area (Å²) in [6.45, 7) is 2.61. The number of sulfonamides is 1. The molecule has 28 heavy (non-hydrogen) atoms. The summed E-state index contributed by atoms with van der Waals surface area (Å²) in [6, 6.07) is 7.32. The topological polar surface area (TPSA) is 84.2 Å². The van der Waals surface area contributed by atoms with Gasteiger partial charge < -0.3 is 9.14 Å². The number of ether oxygens (including phenoxy) is 1. The van der Waals surface area contributed by atoms with Crippen LogP contribution in [0.4, 0.5) is 0 Å². The van der Waals surface area contributed by atoms with Gasteiger partial charge in [-0.3, -0.25) is 4.90 Å². The zero-order valence-electron chi connectivity index (χ0n) is 15.3. The van der Waals surface area contributed by atoms with Gasteiger partial charge in [0.05, 0.1) is 12.8 Å². The van der Waals surface area contributed by atoms with E-state index < -0.39 is 16.0 Å². The first-order valence-electron chi connectivity index (χ1n) is 8.80. The van der Waals surface area contributed by atoms with Crippen LogP contribution in [0.1, 0.15) is 15.4 Å². The zero-order chi connectivity index (χ0) is 19.7. The van der Waals surface area contributed by atoms with Crippen molar-refractivity contribution in [1.29, 1.82) is 0 Å². The SMILES string of the molecule is COC(=O)c1sccc1S(=O)(=O)N1CCN(Cc2cn3ccccc3n2)CC1. The van der Waals surface area contributed by atoms with E-state index in [0.29, 0.717) is 32.7 Å². The molecule has 3 aromatic heterocycles. The summed E-state index contributed by atoms with van der Waals surface area (Å²) in [7, 11) is -2.48. The van der Waals surface area contributed by atoms with E-state index in [-0.39, 0.29) is 9.77 Å². The minimum Gasteiger partial charge on any atom is -0.465 e. The first-order chi connectivity index (χ1) is 13.5. The fraction of sp³-hybridized carbons (Fsp3) is 0.333. The Morgan fingerprint density at radius 1 is 1.21 bits per heavy atom. The third-order valence-corrected chi connectivity index (χ3v) is 7.71. The molecule has 0 saturated carbocycles. The Balaban J connectivity index is 1.43. The van der Waals surface area contributed by atoms with Gasteiger partial charge in [-0.05, 0) is 23.6 Å². The predicted octanol–water partition coefficient (Wildman–Crippen LogP) is 1.69. The molecular formula is C18H20N4O4S2. The smallest absolute Gasteiger partial charge is 0.349 e. The molecule has 148 valence electrons. The number of esters is 1. The number of thiophene rings is 1. The Kier molecular flexibility index (Phi) is 5.19. The maximum absolute atomic E-state index is 13.0. The summed E-state index contributed by atoms with van der Waals surface area (Å²) in [6.07, 6.45) is 3.95. The third-order valence-electron chi connectivity index (χ3n) is 4.75. The molecule has 1 aliphatic rings. The van der Waals surface area contributed by atoms with Crippen molar-refractivity contribution < 1.29 is 17.9 Å². The summed E-state index contributed by atoms with van der Waals surface area (Å²) in [5.41, 5.74) is 1.85. The number of carbonyl (C=O) groups is 1. The minimum absolute atomic E-state index is 0.0261. The molecule has 1 fully saturated rings. The van der Waals surface area contributed by atoms with Crippen molar-refractivity contribution in [3.05, 3.63) is 52.6 Å². The van der Waals surface area contributed by atoms with E-state index in [9.17, 15) is 13.2 Å².